The number of nitrogens with zero attached hydrogens (tertiary/aromatic N) is 1. The molecule has 1 rings (SSSR count). The van der Waals surface area contributed by atoms with Crippen molar-refractivity contribution < 1.29 is 18.3 Å². The molecule has 0 spiro atoms. The number of hydrogen-bond acceptors (Lipinski definition) is 3. The van der Waals surface area contributed by atoms with Crippen LogP contribution in [-0.4, -0.2) is 17.6 Å². The highest BCUT2D eigenvalue weighted by atomic mass is 127. The van der Waals surface area contributed by atoms with E-state index in [0.29, 0.717) is 7.14 Å². The van der Waals surface area contributed by atoms with Gasteiger partial charge in [-0.2, -0.15) is 0 Å². The molecule has 3 nitrogen and oxygen atoms in total. The van der Waals surface area contributed by atoms with Crippen molar-refractivity contribution in [3.8, 4) is 0 Å². The molecule has 0 unspecified atom stereocenters. The van der Waals surface area contributed by atoms with Gasteiger partial charge in [0.1, 0.15) is 11.4 Å². The zero-order valence-electron chi connectivity index (χ0n) is 8.14. The number of carbonyl (C=O) groups is 1. The molecule has 7 heteroatoms. The summed E-state index contributed by atoms with van der Waals surface area (Å²) in [5.41, 5.74) is -0.461. The van der Waals surface area contributed by atoms with Gasteiger partial charge in [-0.15, -0.1) is 0 Å². The highest BCUT2D eigenvalue weighted by Gasteiger charge is 2.20. The van der Waals surface area contributed by atoms with Crippen LogP contribution in [0.1, 0.15) is 29.5 Å². The van der Waals surface area contributed by atoms with E-state index in [4.69, 9.17) is 4.74 Å². The van der Waals surface area contributed by atoms with Crippen LogP contribution in [0.5, 0.6) is 0 Å². The third-order valence-electron chi connectivity index (χ3n) is 1.63. The minimum atomic E-state index is -2.70. The topological polar surface area (TPSA) is 39.2 Å². The molecule has 0 amide bonds. The maximum absolute atomic E-state index is 12.6. The first kappa shape index (κ1) is 14.0. The number of carbonyl (C=O) groups excluding carboxylic acids is 1. The lowest BCUT2D eigenvalue weighted by atomic mass is 10.3. The Balaban J connectivity index is 3.18. The molecule has 16 heavy (non-hydrogen) atoms. The molecular weight excluding hydrogens is 446 g/mol. The fraction of sp³-hybridized carbons (Fsp3) is 0.333. The van der Waals surface area contributed by atoms with Gasteiger partial charge in [0.25, 0.3) is 6.43 Å². The first-order valence-corrected chi connectivity index (χ1v) is 6.44. The maximum Gasteiger partial charge on any atom is 0.356 e. The molecule has 0 radical (unpaired) electrons. The molecule has 0 atom stereocenters. The van der Waals surface area contributed by atoms with E-state index in [9.17, 15) is 13.6 Å². The Labute approximate surface area is 118 Å². The van der Waals surface area contributed by atoms with Gasteiger partial charge in [-0.1, -0.05) is 0 Å². The molecule has 1 aromatic heterocycles. The molecule has 0 N–H and O–H groups in total. The zero-order valence-corrected chi connectivity index (χ0v) is 12.5. The standard InChI is InChI=1S/C9H7F2I2NO2/c1-2-16-9(15)5-3-4(12)6(13)7(14-5)8(10)11/h3,8H,2H2,1H3. The molecular formula is C9H7F2I2NO2. The highest BCUT2D eigenvalue weighted by molar-refractivity contribution is 14.1. The number of hydrogen-bond donors (Lipinski definition) is 0. The van der Waals surface area contributed by atoms with Crippen LogP contribution in [0.25, 0.3) is 0 Å². The molecule has 0 fully saturated rings. The average molecular weight is 453 g/mol. The van der Waals surface area contributed by atoms with Gasteiger partial charge >= 0.3 is 5.97 Å². The Morgan fingerprint density at radius 1 is 1.56 bits per heavy atom. The number of aromatic nitrogens is 1. The predicted octanol–water partition coefficient (Wildman–Crippen LogP) is 3.41. The highest BCUT2D eigenvalue weighted by Crippen LogP contribution is 2.27. The lowest BCUT2D eigenvalue weighted by Gasteiger charge is -2.07. The van der Waals surface area contributed by atoms with Crippen molar-refractivity contribution in [2.45, 2.75) is 13.3 Å². The summed E-state index contributed by atoms with van der Waals surface area (Å²) in [4.78, 5) is 15.0. The van der Waals surface area contributed by atoms with Crippen LogP contribution >= 0.6 is 45.2 Å². The van der Waals surface area contributed by atoms with Crippen molar-refractivity contribution >= 4 is 51.2 Å². The third-order valence-corrected chi connectivity index (χ3v) is 4.65. The predicted molar refractivity (Wildman–Crippen MR) is 70.6 cm³/mol. The monoisotopic (exact) mass is 453 g/mol. The van der Waals surface area contributed by atoms with Crippen LogP contribution in [0.3, 0.4) is 0 Å². The summed E-state index contributed by atoms with van der Waals surface area (Å²) < 4.78 is 30.9. The lowest BCUT2D eigenvalue weighted by Crippen LogP contribution is -2.11. The Bertz CT molecular complexity index is 413. The molecule has 1 heterocycles. The normalized spacial score (nSPS) is 10.6. The van der Waals surface area contributed by atoms with E-state index in [1.54, 1.807) is 29.5 Å². The largest absolute Gasteiger partial charge is 0.461 e. The summed E-state index contributed by atoms with van der Waals surface area (Å²) in [6, 6.07) is 1.44. The van der Waals surface area contributed by atoms with Crippen LogP contribution in [0, 0.1) is 7.14 Å². The first-order valence-electron chi connectivity index (χ1n) is 4.28. The number of halogens is 4. The summed E-state index contributed by atoms with van der Waals surface area (Å²) in [5.74, 6) is -0.682. The van der Waals surface area contributed by atoms with Gasteiger partial charge < -0.3 is 4.74 Å². The molecule has 0 aromatic carbocycles. The van der Waals surface area contributed by atoms with Crippen LogP contribution in [-0.2, 0) is 4.74 Å². The van der Waals surface area contributed by atoms with E-state index in [0.717, 1.165) is 0 Å². The minimum absolute atomic E-state index is 0.0815. The molecule has 0 aliphatic heterocycles. The van der Waals surface area contributed by atoms with E-state index in [1.165, 1.54) is 6.07 Å². The Hall–Kier alpha value is -0.0600. The van der Waals surface area contributed by atoms with Gasteiger partial charge in [0.05, 0.1) is 10.2 Å². The summed E-state index contributed by atoms with van der Waals surface area (Å²) >= 11 is 3.66. The third kappa shape index (κ3) is 3.22. The van der Waals surface area contributed by atoms with E-state index in [1.807, 2.05) is 22.6 Å². The lowest BCUT2D eigenvalue weighted by molar-refractivity contribution is 0.0517. The molecule has 0 bridgehead atoms. The quantitative estimate of drug-likeness (QED) is 0.521. The SMILES string of the molecule is CCOC(=O)c1cc(I)c(I)c(C(F)F)n1. The van der Waals surface area contributed by atoms with Gasteiger partial charge in [0.2, 0.25) is 0 Å². The second-order valence-electron chi connectivity index (χ2n) is 2.71. The van der Waals surface area contributed by atoms with Crippen molar-refractivity contribution in [3.63, 3.8) is 0 Å². The average Bonchev–Trinajstić information content (AvgIpc) is 2.21. The summed E-state index contributed by atoms with van der Waals surface area (Å²) in [6.45, 7) is 1.83. The van der Waals surface area contributed by atoms with Crippen LogP contribution < -0.4 is 0 Å². The maximum atomic E-state index is 12.6. The summed E-state index contributed by atoms with van der Waals surface area (Å²) in [6.07, 6.45) is -2.70. The number of rotatable bonds is 3. The smallest absolute Gasteiger partial charge is 0.356 e. The number of esters is 1. The van der Waals surface area contributed by atoms with Gasteiger partial charge in [0, 0.05) is 3.57 Å². The Morgan fingerprint density at radius 3 is 2.69 bits per heavy atom. The van der Waals surface area contributed by atoms with Crippen LogP contribution in [0.15, 0.2) is 6.07 Å². The van der Waals surface area contributed by atoms with Gasteiger partial charge in [-0.05, 0) is 58.2 Å². The molecule has 0 saturated carbocycles. The summed E-state index contributed by atoms with van der Waals surface area (Å²) in [7, 11) is 0. The zero-order chi connectivity index (χ0) is 12.3. The number of alkyl halides is 2. The number of pyridine rings is 1. The van der Waals surface area contributed by atoms with E-state index < -0.39 is 12.4 Å². The Kier molecular flexibility index (Phi) is 5.28. The molecule has 88 valence electrons. The van der Waals surface area contributed by atoms with Crippen LogP contribution in [0.2, 0.25) is 0 Å². The second kappa shape index (κ2) is 6.03. The molecule has 0 aliphatic carbocycles. The van der Waals surface area contributed by atoms with Crippen molar-refractivity contribution in [1.29, 1.82) is 0 Å². The number of ether oxygens (including phenoxy) is 1. The Morgan fingerprint density at radius 2 is 2.19 bits per heavy atom. The first-order chi connectivity index (χ1) is 7.47. The van der Waals surface area contributed by atoms with E-state index in [-0.39, 0.29) is 18.0 Å². The van der Waals surface area contributed by atoms with Gasteiger partial charge in [0.15, 0.2) is 0 Å². The van der Waals surface area contributed by atoms with Crippen molar-refractivity contribution in [3.05, 3.63) is 24.6 Å². The molecule has 0 aliphatic rings. The fourth-order valence-corrected chi connectivity index (χ4v) is 2.05. The fourth-order valence-electron chi connectivity index (χ4n) is 0.971. The van der Waals surface area contributed by atoms with Gasteiger partial charge in [-0.3, -0.25) is 0 Å². The minimum Gasteiger partial charge on any atom is -0.461 e. The van der Waals surface area contributed by atoms with Crippen LogP contribution in [0.4, 0.5) is 8.78 Å². The van der Waals surface area contributed by atoms with E-state index >= 15 is 0 Å². The van der Waals surface area contributed by atoms with Crippen molar-refractivity contribution in [2.75, 3.05) is 6.61 Å². The second-order valence-corrected chi connectivity index (χ2v) is 4.95. The van der Waals surface area contributed by atoms with Crippen molar-refractivity contribution in [1.82, 2.24) is 4.98 Å². The molecule has 1 aromatic rings. The summed E-state index contributed by atoms with van der Waals surface area (Å²) in [5, 5.41) is 0. The molecule has 0 saturated heterocycles. The van der Waals surface area contributed by atoms with Gasteiger partial charge in [-0.25, -0.2) is 18.6 Å². The van der Waals surface area contributed by atoms with E-state index in [2.05, 4.69) is 4.98 Å². The van der Waals surface area contributed by atoms with Crippen molar-refractivity contribution in [2.24, 2.45) is 0 Å².